The molecule has 0 N–H and O–H groups in total. The summed E-state index contributed by atoms with van der Waals surface area (Å²) in [6.45, 7) is 5.08. The van der Waals surface area contributed by atoms with E-state index in [4.69, 9.17) is 4.98 Å². The first-order chi connectivity index (χ1) is 16.1. The van der Waals surface area contributed by atoms with Crippen molar-refractivity contribution in [1.82, 2.24) is 24.3 Å². The van der Waals surface area contributed by atoms with Crippen LogP contribution in [0.5, 0.6) is 0 Å². The van der Waals surface area contributed by atoms with E-state index in [2.05, 4.69) is 49.7 Å². The monoisotopic (exact) mass is 509 g/mol. The zero-order valence-corrected chi connectivity index (χ0v) is 20.2. The Balaban J connectivity index is 1.28. The molecule has 3 aromatic rings. The zero-order valence-electron chi connectivity index (χ0n) is 18.6. The summed E-state index contributed by atoms with van der Waals surface area (Å²) < 4.78 is 3.28. The van der Waals surface area contributed by atoms with E-state index in [1.165, 1.54) is 0 Å². The van der Waals surface area contributed by atoms with Crippen molar-refractivity contribution in [2.45, 2.75) is 19.4 Å². The van der Waals surface area contributed by atoms with Gasteiger partial charge in [0.1, 0.15) is 5.82 Å². The third kappa shape index (κ3) is 4.68. The topological polar surface area (TPSA) is 61.7 Å². The molecule has 0 saturated carbocycles. The van der Waals surface area contributed by atoms with Gasteiger partial charge in [-0.05, 0) is 56.3 Å². The number of benzene rings is 2. The van der Waals surface area contributed by atoms with Crippen molar-refractivity contribution in [3.8, 4) is 5.69 Å². The van der Waals surface area contributed by atoms with Crippen molar-refractivity contribution in [2.75, 3.05) is 39.3 Å². The van der Waals surface area contributed by atoms with Gasteiger partial charge in [-0.25, -0.2) is 4.98 Å². The predicted molar refractivity (Wildman–Crippen MR) is 131 cm³/mol. The Kier molecular flexibility index (Phi) is 6.46. The lowest BCUT2D eigenvalue weighted by molar-refractivity contribution is -0.140. The van der Waals surface area contributed by atoms with Gasteiger partial charge in [0.2, 0.25) is 12.3 Å². The normalized spacial score (nSPS) is 18.1. The Morgan fingerprint density at radius 1 is 1.00 bits per heavy atom. The predicted octanol–water partition coefficient (Wildman–Crippen LogP) is 3.30. The molecule has 0 bridgehead atoms. The number of carbonyl (C=O) groups is 2. The lowest BCUT2D eigenvalue weighted by Gasteiger charge is -2.37. The van der Waals surface area contributed by atoms with Crippen molar-refractivity contribution in [1.29, 1.82) is 0 Å². The minimum atomic E-state index is 0.0768. The van der Waals surface area contributed by atoms with Gasteiger partial charge in [-0.2, -0.15) is 0 Å². The molecule has 1 aromatic heterocycles. The number of hydrogen-bond donors (Lipinski definition) is 0. The molecular weight excluding hydrogens is 482 g/mol. The average Bonchev–Trinajstić information content (AvgIpc) is 3.22. The van der Waals surface area contributed by atoms with Crippen LogP contribution in [-0.2, 0) is 16.1 Å². The number of likely N-dealkylation sites (tertiary alicyclic amines) is 1. The molecule has 0 aliphatic carbocycles. The van der Waals surface area contributed by atoms with Crippen LogP contribution < -0.4 is 0 Å². The summed E-state index contributed by atoms with van der Waals surface area (Å²) in [5.41, 5.74) is 3.18. The molecule has 8 heteroatoms. The molecule has 5 rings (SSSR count). The lowest BCUT2D eigenvalue weighted by atomic mass is 9.95. The first-order valence-electron chi connectivity index (χ1n) is 11.5. The van der Waals surface area contributed by atoms with Crippen LogP contribution in [0.15, 0.2) is 53.0 Å². The maximum absolute atomic E-state index is 13.0. The second-order valence-corrected chi connectivity index (χ2v) is 9.76. The summed E-state index contributed by atoms with van der Waals surface area (Å²) in [7, 11) is 0. The summed E-state index contributed by atoms with van der Waals surface area (Å²) in [5, 5.41) is 0. The van der Waals surface area contributed by atoms with Crippen molar-refractivity contribution in [3.63, 3.8) is 0 Å². The first-order valence-corrected chi connectivity index (χ1v) is 12.3. The number of fused-ring (bicyclic) bond motifs is 1. The molecule has 2 fully saturated rings. The van der Waals surface area contributed by atoms with Gasteiger partial charge >= 0.3 is 0 Å². The number of halogens is 1. The molecule has 0 radical (unpaired) electrons. The summed E-state index contributed by atoms with van der Waals surface area (Å²) in [6, 6.07) is 16.5. The highest BCUT2D eigenvalue weighted by molar-refractivity contribution is 9.10. The van der Waals surface area contributed by atoms with E-state index in [1.807, 2.05) is 29.2 Å². The number of piperazine rings is 1. The van der Waals surface area contributed by atoms with Crippen LogP contribution in [0.3, 0.4) is 0 Å². The molecule has 172 valence electrons. The van der Waals surface area contributed by atoms with Gasteiger partial charge < -0.3 is 9.80 Å². The second-order valence-electron chi connectivity index (χ2n) is 8.85. The highest BCUT2D eigenvalue weighted by atomic mass is 79.9. The van der Waals surface area contributed by atoms with Crippen LogP contribution in [0.1, 0.15) is 18.7 Å². The first kappa shape index (κ1) is 22.1. The second kappa shape index (κ2) is 9.65. The van der Waals surface area contributed by atoms with Gasteiger partial charge in [0.25, 0.3) is 0 Å². The minimum absolute atomic E-state index is 0.0768. The summed E-state index contributed by atoms with van der Waals surface area (Å²) >= 11 is 3.60. The molecule has 2 aliphatic rings. The zero-order chi connectivity index (χ0) is 22.8. The maximum Gasteiger partial charge on any atom is 0.225 e. The fraction of sp³-hybridized carbons (Fsp3) is 0.400. The summed E-state index contributed by atoms with van der Waals surface area (Å²) in [6.07, 6.45) is 2.61. The molecule has 2 saturated heterocycles. The van der Waals surface area contributed by atoms with E-state index in [-0.39, 0.29) is 11.8 Å². The van der Waals surface area contributed by atoms with Crippen LogP contribution in [0, 0.1) is 5.92 Å². The Hall–Kier alpha value is -2.71. The third-order valence-electron chi connectivity index (χ3n) is 6.77. The molecule has 0 atom stereocenters. The summed E-state index contributed by atoms with van der Waals surface area (Å²) in [5.74, 6) is 1.35. The molecular formula is C25H28BrN5O2. The summed E-state index contributed by atoms with van der Waals surface area (Å²) in [4.78, 5) is 34.9. The lowest BCUT2D eigenvalue weighted by Crippen LogP contribution is -2.51. The number of carbonyl (C=O) groups excluding carboxylic acids is 2. The fourth-order valence-corrected chi connectivity index (χ4v) is 5.32. The SMILES string of the molecule is O=CN1CCN(C(=O)C2CCN(Cc3nc4ccccc4n3-c3cccc(Br)c3)CC2)CC1. The quantitative estimate of drug-likeness (QED) is 0.495. The highest BCUT2D eigenvalue weighted by Gasteiger charge is 2.30. The van der Waals surface area contributed by atoms with Crippen LogP contribution >= 0.6 is 15.9 Å². The van der Waals surface area contributed by atoms with Gasteiger partial charge in [-0.1, -0.05) is 34.1 Å². The Bertz CT molecular complexity index is 1150. The van der Waals surface area contributed by atoms with Gasteiger partial charge in [0, 0.05) is 42.3 Å². The fourth-order valence-electron chi connectivity index (χ4n) is 4.93. The van der Waals surface area contributed by atoms with Crippen LogP contribution in [0.4, 0.5) is 0 Å². The number of piperidine rings is 1. The van der Waals surface area contributed by atoms with E-state index in [9.17, 15) is 9.59 Å². The van der Waals surface area contributed by atoms with E-state index in [0.29, 0.717) is 26.2 Å². The molecule has 0 unspecified atom stereocenters. The van der Waals surface area contributed by atoms with Gasteiger partial charge in [-0.3, -0.25) is 19.1 Å². The van der Waals surface area contributed by atoms with Crippen molar-refractivity contribution >= 4 is 39.3 Å². The van der Waals surface area contributed by atoms with Gasteiger partial charge in [-0.15, -0.1) is 0 Å². The average molecular weight is 510 g/mol. The third-order valence-corrected chi connectivity index (χ3v) is 7.27. The Labute approximate surface area is 202 Å². The molecule has 2 amide bonds. The molecule has 2 aromatic carbocycles. The van der Waals surface area contributed by atoms with Crippen LogP contribution in [-0.4, -0.2) is 75.8 Å². The Morgan fingerprint density at radius 3 is 2.48 bits per heavy atom. The smallest absolute Gasteiger partial charge is 0.225 e. The maximum atomic E-state index is 13.0. The number of hydrogen-bond acceptors (Lipinski definition) is 4. The van der Waals surface area contributed by atoms with E-state index < -0.39 is 0 Å². The highest BCUT2D eigenvalue weighted by Crippen LogP contribution is 2.26. The van der Waals surface area contributed by atoms with E-state index in [1.54, 1.807) is 4.90 Å². The number of para-hydroxylation sites is 2. The van der Waals surface area contributed by atoms with E-state index >= 15 is 0 Å². The Morgan fingerprint density at radius 2 is 1.76 bits per heavy atom. The van der Waals surface area contributed by atoms with Crippen LogP contribution in [0.2, 0.25) is 0 Å². The standard InChI is InChI=1S/C25H28BrN5O2/c26-20-4-3-5-21(16-20)31-23-7-2-1-6-22(23)27-24(31)17-28-10-8-19(9-11-28)25(33)30-14-12-29(18-32)13-15-30/h1-7,16,18-19H,8-15,17H2. The molecule has 7 nitrogen and oxygen atoms in total. The largest absolute Gasteiger partial charge is 0.342 e. The van der Waals surface area contributed by atoms with Crippen molar-refractivity contribution < 1.29 is 9.59 Å². The molecule has 0 spiro atoms. The molecule has 3 heterocycles. The van der Waals surface area contributed by atoms with Gasteiger partial charge in [0.05, 0.1) is 17.6 Å². The van der Waals surface area contributed by atoms with Gasteiger partial charge in [0.15, 0.2) is 0 Å². The number of imidazole rings is 1. The van der Waals surface area contributed by atoms with Crippen molar-refractivity contribution in [2.24, 2.45) is 5.92 Å². The minimum Gasteiger partial charge on any atom is -0.342 e. The van der Waals surface area contributed by atoms with Crippen LogP contribution in [0.25, 0.3) is 16.7 Å². The number of amides is 2. The molecule has 33 heavy (non-hydrogen) atoms. The number of aromatic nitrogens is 2. The number of nitrogens with zero attached hydrogens (tertiary/aromatic N) is 5. The number of rotatable bonds is 5. The van der Waals surface area contributed by atoms with Crippen molar-refractivity contribution in [3.05, 3.63) is 58.8 Å². The van der Waals surface area contributed by atoms with E-state index in [0.717, 1.165) is 65.9 Å². The molecule has 2 aliphatic heterocycles.